The average Bonchev–Trinajstić information content (AvgIpc) is 1.61. The van der Waals surface area contributed by atoms with Crippen LogP contribution in [0.1, 0.15) is 131 Å². The first-order chi connectivity index (χ1) is 48.9. The fourth-order valence-corrected chi connectivity index (χ4v) is 17.0. The summed E-state index contributed by atoms with van der Waals surface area (Å²) in [5.74, 6) is -6.92. The second kappa shape index (κ2) is 29.9. The van der Waals surface area contributed by atoms with Gasteiger partial charge in [0.25, 0.3) is 17.7 Å². The molecule has 32 nitrogen and oxygen atoms in total. The molecule has 37 heteroatoms. The molecular formula is C65H69N13O19S5. The number of hydrogen-bond donors (Lipinski definition) is 8. The number of thiazole rings is 5. The molecule has 0 radical (unpaired) electrons. The smallest absolute Gasteiger partial charge is 0.358 e. The summed E-state index contributed by atoms with van der Waals surface area (Å²) >= 11 is 4.68. The number of cyclic esters (lactones) is 2. The molecule has 12 bridgehead atoms. The summed E-state index contributed by atoms with van der Waals surface area (Å²) in [7, 11) is 4.87. The number of carbonyl (C=O) groups is 7. The van der Waals surface area contributed by atoms with Crippen LogP contribution in [0.15, 0.2) is 56.9 Å². The molecule has 2 fully saturated rings. The predicted octanol–water partition coefficient (Wildman–Crippen LogP) is 5.04. The van der Waals surface area contributed by atoms with E-state index in [2.05, 4.69) is 41.1 Å². The Morgan fingerprint density at radius 1 is 0.833 bits per heavy atom. The number of morpholine rings is 1. The minimum Gasteiger partial charge on any atom is -0.506 e. The monoisotopic (exact) mass is 1500 g/mol. The highest BCUT2D eigenvalue weighted by atomic mass is 32.1. The molecule has 0 saturated carbocycles. The largest absolute Gasteiger partial charge is 0.506 e. The van der Waals surface area contributed by atoms with Crippen molar-refractivity contribution in [2.75, 3.05) is 67.3 Å². The molecule has 7 aromatic heterocycles. The Kier molecular flexibility index (Phi) is 21.0. The summed E-state index contributed by atoms with van der Waals surface area (Å²) in [5.41, 5.74) is -2.31. The maximum Gasteiger partial charge on any atom is 0.358 e. The molecule has 0 aliphatic carbocycles. The summed E-state index contributed by atoms with van der Waals surface area (Å²) in [5, 5.41) is 65.9. The molecular weight excluding hydrogens is 1430 g/mol. The normalized spacial score (nSPS) is 24.7. The standard InChI is InChI=1S/C65H69N13O19S5/c1-28(79)44-56(84)74-45(29(2)90-7)59-69-38(26-100-59)55(83)75-48-50-51(97-42-19-65(4,88)52(76(5)6)30(3)96-42)64(87)94-20-31-10-8-11-40-43(31)33(21-93-50)49(78(40)89)63(86)95-22-34(66-53(81)36-25-101-61(48)70-36)58-67-35(23-99-58)46-32(57-68-37(24-98-57)54(82)73-44)18-41(80)47(72-46)60-71-39(27-102-60)62(85)92-15-9-12-77-13-16-91-17-14-77/h8,10-11,18,23-28,30,34,42,44,48,50-52,79-80,88-89H,9,12-17,19-22H2,1-7H3,(H,66,81)(H,73,82)(H,74,84)(H,75,83)/b45-29+/t28-,30+,34+,42+,44+,48+,50+,51+,52-,65+/m1/s1. The lowest BCUT2D eigenvalue weighted by Gasteiger charge is -2.48. The molecule has 102 heavy (non-hydrogen) atoms. The fraction of sp³-hybridized carbons (Fsp3) is 0.431. The molecule has 13 rings (SSSR count). The molecule has 0 unspecified atom stereocenters. The number of methoxy groups -OCH3 is 1. The van der Waals surface area contributed by atoms with Crippen LogP contribution in [-0.4, -0.2) is 222 Å². The maximum atomic E-state index is 15.2. The Bertz CT molecular complexity index is 4590. The molecule has 2 saturated heterocycles. The number of aliphatic hydroxyl groups is 2. The van der Waals surface area contributed by atoms with Gasteiger partial charge in [-0.2, -0.15) is 4.73 Å². The van der Waals surface area contributed by atoms with Gasteiger partial charge in [-0.1, -0.05) is 12.1 Å². The van der Waals surface area contributed by atoms with Gasteiger partial charge < -0.3 is 84.6 Å². The van der Waals surface area contributed by atoms with Gasteiger partial charge in [0.2, 0.25) is 5.91 Å². The number of rotatable bonds is 11. The average molecular weight is 1500 g/mol. The van der Waals surface area contributed by atoms with Gasteiger partial charge in [-0.3, -0.25) is 24.1 Å². The highest BCUT2D eigenvalue weighted by molar-refractivity contribution is 7.14. The van der Waals surface area contributed by atoms with Crippen LogP contribution in [0.5, 0.6) is 5.75 Å². The van der Waals surface area contributed by atoms with E-state index in [9.17, 15) is 34.9 Å². The molecule has 0 spiro atoms. The van der Waals surface area contributed by atoms with E-state index in [-0.39, 0.29) is 111 Å². The number of esters is 3. The quantitative estimate of drug-likeness (QED) is 0.0276. The van der Waals surface area contributed by atoms with Crippen molar-refractivity contribution in [2.45, 2.75) is 114 Å². The predicted molar refractivity (Wildman–Crippen MR) is 366 cm³/mol. The van der Waals surface area contributed by atoms with Gasteiger partial charge in [0.05, 0.1) is 62.9 Å². The topological polar surface area (TPSA) is 411 Å². The third kappa shape index (κ3) is 14.6. The van der Waals surface area contributed by atoms with Gasteiger partial charge in [0.15, 0.2) is 23.8 Å². The van der Waals surface area contributed by atoms with Crippen LogP contribution >= 0.6 is 56.7 Å². The summed E-state index contributed by atoms with van der Waals surface area (Å²) in [6, 6.07) is 0.811. The van der Waals surface area contributed by atoms with Crippen molar-refractivity contribution in [2.24, 2.45) is 0 Å². The van der Waals surface area contributed by atoms with Gasteiger partial charge in [-0.15, -0.1) is 56.7 Å². The van der Waals surface area contributed by atoms with E-state index in [1.165, 1.54) is 54.6 Å². The van der Waals surface area contributed by atoms with Gasteiger partial charge >= 0.3 is 17.9 Å². The summed E-state index contributed by atoms with van der Waals surface area (Å²) in [4.78, 5) is 135. The van der Waals surface area contributed by atoms with Gasteiger partial charge in [0, 0.05) is 69.5 Å². The lowest BCUT2D eigenvalue weighted by atomic mass is 9.85. The van der Waals surface area contributed by atoms with Crippen LogP contribution in [0.2, 0.25) is 0 Å². The van der Waals surface area contributed by atoms with Crippen LogP contribution in [0.25, 0.3) is 49.3 Å². The highest BCUT2D eigenvalue weighted by Crippen LogP contribution is 2.43. The number of fused-ring (bicyclic) bond motifs is 15. The van der Waals surface area contributed by atoms with Crippen molar-refractivity contribution >= 4 is 115 Å². The van der Waals surface area contributed by atoms with Gasteiger partial charge in [-0.25, -0.2) is 44.3 Å². The number of nitrogens with zero attached hydrogens (tertiary/aromatic N) is 9. The number of benzene rings is 1. The number of aliphatic hydroxyl groups excluding tert-OH is 1. The maximum absolute atomic E-state index is 15.2. The first kappa shape index (κ1) is 71.6. The van der Waals surface area contributed by atoms with Crippen LogP contribution in [0.4, 0.5) is 0 Å². The molecule has 5 aliphatic heterocycles. The number of likely N-dealkylation sites (N-methyl/N-ethyl adjacent to an activating group) is 1. The van der Waals surface area contributed by atoms with E-state index >= 15 is 19.2 Å². The second-order valence-corrected chi connectivity index (χ2v) is 29.3. The molecule has 8 N–H and O–H groups in total. The van der Waals surface area contributed by atoms with E-state index in [4.69, 9.17) is 52.8 Å². The number of aromatic nitrogens is 7. The third-order valence-electron chi connectivity index (χ3n) is 17.7. The first-order valence-electron chi connectivity index (χ1n) is 32.1. The van der Waals surface area contributed by atoms with Gasteiger partial charge in [-0.05, 0) is 65.9 Å². The number of hydrogen-bond acceptors (Lipinski definition) is 32. The van der Waals surface area contributed by atoms with Crippen molar-refractivity contribution in [3.8, 4) is 38.4 Å². The number of carbonyl (C=O) groups excluding carboxylic acids is 7. The van der Waals surface area contributed by atoms with Crippen LogP contribution in [0, 0.1) is 0 Å². The number of aromatic hydroxyl groups is 1. The zero-order valence-corrected chi connectivity index (χ0v) is 59.7. The summed E-state index contributed by atoms with van der Waals surface area (Å²) in [6.45, 7) is 7.92. The number of allylic oxidation sites excluding steroid dienone is 1. The molecule has 538 valence electrons. The Hall–Kier alpha value is -8.83. The lowest BCUT2D eigenvalue weighted by molar-refractivity contribution is -0.280. The Labute approximate surface area is 600 Å². The van der Waals surface area contributed by atoms with Crippen molar-refractivity contribution in [1.29, 1.82) is 0 Å². The van der Waals surface area contributed by atoms with E-state index in [1.807, 2.05) is 0 Å². The number of pyridine rings is 1. The fourth-order valence-electron chi connectivity index (χ4n) is 12.8. The van der Waals surface area contributed by atoms with E-state index in [0.29, 0.717) is 36.5 Å². The number of nitrogens with one attached hydrogen (secondary N) is 4. The second-order valence-electron chi connectivity index (χ2n) is 25.0. The van der Waals surface area contributed by atoms with Crippen LogP contribution in [-0.2, 0) is 60.7 Å². The van der Waals surface area contributed by atoms with Crippen molar-refractivity contribution in [3.05, 3.63) is 112 Å². The highest BCUT2D eigenvalue weighted by Gasteiger charge is 2.50. The molecule has 1 aromatic carbocycles. The Balaban J connectivity index is 0.951. The van der Waals surface area contributed by atoms with E-state index in [0.717, 1.165) is 69.8 Å². The zero-order valence-electron chi connectivity index (χ0n) is 55.6. The molecule has 8 aromatic rings. The molecule has 12 heterocycles. The first-order valence-corrected chi connectivity index (χ1v) is 36.5. The lowest BCUT2D eigenvalue weighted by Crippen LogP contribution is -2.62. The van der Waals surface area contributed by atoms with Crippen molar-refractivity contribution < 1.29 is 92.0 Å². The zero-order chi connectivity index (χ0) is 72.0. The Morgan fingerprint density at radius 3 is 2.26 bits per heavy atom. The van der Waals surface area contributed by atoms with Crippen LogP contribution < -0.4 is 21.3 Å². The van der Waals surface area contributed by atoms with Gasteiger partial charge in [0.1, 0.15) is 114 Å². The number of ether oxygens (including phenoxy) is 8. The van der Waals surface area contributed by atoms with E-state index < -0.39 is 133 Å². The molecule has 10 atom stereocenters. The molecule has 4 amide bonds. The van der Waals surface area contributed by atoms with E-state index in [1.54, 1.807) is 50.4 Å². The third-order valence-corrected chi connectivity index (χ3v) is 22.2. The number of amides is 4. The Morgan fingerprint density at radius 2 is 1.52 bits per heavy atom. The molecule has 5 aliphatic rings. The minimum absolute atomic E-state index is 0.00468. The SMILES string of the molecule is CO/C(C)=C1/NC(=O)[C@H]([C@@H](C)O)NC(=O)c2csc(n2)-c2cc(O)c(-c3nc(C(=O)OCCCN4CCOCC4)cs3)nc2-c2csc(n2)[C@@H]2COC(=O)c3c4c5c(cccc5n3O)COC(=O)[C@@H](O[C@H]3C[C@](C)(O)[C@H](N(C)C)[C@H](C)O3)[C@@H](OC4)[C@H](NC(=O)c3csc1n3)c1nc(cs1)C(=O)N2. The van der Waals surface area contributed by atoms with Crippen molar-refractivity contribution in [3.63, 3.8) is 0 Å². The van der Waals surface area contributed by atoms with Crippen LogP contribution in [0.3, 0.4) is 0 Å². The van der Waals surface area contributed by atoms with Crippen molar-refractivity contribution in [1.82, 2.24) is 65.7 Å². The summed E-state index contributed by atoms with van der Waals surface area (Å²) < 4.78 is 49.4. The minimum atomic E-state index is -1.91. The summed E-state index contributed by atoms with van der Waals surface area (Å²) in [6.07, 6.45) is -6.92.